The minimum atomic E-state index is -0.924. The van der Waals surface area contributed by atoms with Gasteiger partial charge in [-0.1, -0.05) is 5.16 Å². The van der Waals surface area contributed by atoms with E-state index in [-0.39, 0.29) is 30.3 Å². The van der Waals surface area contributed by atoms with Crippen molar-refractivity contribution in [1.82, 2.24) is 15.1 Å². The van der Waals surface area contributed by atoms with Crippen LogP contribution in [0.1, 0.15) is 12.3 Å². The Kier molecular flexibility index (Phi) is 2.99. The van der Waals surface area contributed by atoms with Crippen LogP contribution in [0.3, 0.4) is 0 Å². The number of hydrogen-bond donors (Lipinski definition) is 2. The number of carboxylic acid groups (broad SMARTS) is 1. The topological polar surface area (TPSA) is 109 Å². The molecule has 2 heterocycles. The summed E-state index contributed by atoms with van der Waals surface area (Å²) in [6.45, 7) is 0. The second kappa shape index (κ2) is 4.60. The second-order valence-corrected chi connectivity index (χ2v) is 3.31. The minimum absolute atomic E-state index is 0.0448. The number of pyridine rings is 1. The number of carbonyl (C=O) groups is 1. The monoisotopic (exact) mass is 235 g/mol. The third kappa shape index (κ3) is 2.77. The van der Waals surface area contributed by atoms with Gasteiger partial charge < -0.3 is 14.7 Å². The summed E-state index contributed by atoms with van der Waals surface area (Å²) >= 11 is 0. The Morgan fingerprint density at radius 3 is 2.88 bits per heavy atom. The highest BCUT2D eigenvalue weighted by Crippen LogP contribution is 2.16. The van der Waals surface area contributed by atoms with Crippen molar-refractivity contribution in [2.24, 2.45) is 0 Å². The van der Waals surface area contributed by atoms with Gasteiger partial charge in [-0.05, 0) is 12.1 Å². The molecule has 88 valence electrons. The fraction of sp³-hybridized carbons (Fsp3) is 0.200. The molecule has 0 aliphatic rings. The van der Waals surface area contributed by atoms with E-state index >= 15 is 0 Å². The van der Waals surface area contributed by atoms with Crippen molar-refractivity contribution >= 4 is 5.97 Å². The quantitative estimate of drug-likeness (QED) is 0.808. The van der Waals surface area contributed by atoms with E-state index in [1.165, 1.54) is 12.3 Å². The van der Waals surface area contributed by atoms with E-state index in [9.17, 15) is 4.79 Å². The maximum atomic E-state index is 10.4. The van der Waals surface area contributed by atoms with Gasteiger partial charge in [-0.3, -0.25) is 4.79 Å². The number of carboxylic acids is 1. The summed E-state index contributed by atoms with van der Waals surface area (Å²) in [7, 11) is 0. The van der Waals surface area contributed by atoms with E-state index in [0.717, 1.165) is 0 Å². The van der Waals surface area contributed by atoms with E-state index in [1.807, 2.05) is 0 Å². The summed E-state index contributed by atoms with van der Waals surface area (Å²) in [4.78, 5) is 18.3. The molecule has 7 nitrogen and oxygen atoms in total. The smallest absolute Gasteiger partial charge is 0.303 e. The first-order valence-corrected chi connectivity index (χ1v) is 4.85. The Bertz CT molecular complexity index is 521. The van der Waals surface area contributed by atoms with E-state index < -0.39 is 5.97 Å². The Balaban J connectivity index is 2.12. The summed E-state index contributed by atoms with van der Waals surface area (Å²) in [5.41, 5.74) is 0.452. The van der Waals surface area contributed by atoms with Crippen LogP contribution in [0.15, 0.2) is 22.9 Å². The maximum absolute atomic E-state index is 10.4. The van der Waals surface area contributed by atoms with Crippen molar-refractivity contribution in [2.75, 3.05) is 0 Å². The summed E-state index contributed by atoms with van der Waals surface area (Å²) in [5.74, 6) is -0.362. The molecule has 0 unspecified atom stereocenters. The molecule has 0 atom stereocenters. The molecule has 0 spiro atoms. The molecule has 2 aromatic heterocycles. The van der Waals surface area contributed by atoms with Gasteiger partial charge in [0.15, 0.2) is 0 Å². The van der Waals surface area contributed by atoms with Gasteiger partial charge in [0, 0.05) is 6.42 Å². The molecular formula is C10H9N3O4. The van der Waals surface area contributed by atoms with Gasteiger partial charge in [0.1, 0.15) is 11.4 Å². The highest BCUT2D eigenvalue weighted by molar-refractivity contribution is 5.66. The van der Waals surface area contributed by atoms with Crippen LogP contribution >= 0.6 is 0 Å². The van der Waals surface area contributed by atoms with Crippen LogP contribution in [0, 0.1) is 0 Å². The molecule has 0 aromatic carbocycles. The Labute approximate surface area is 95.7 Å². The molecule has 0 fully saturated rings. The third-order valence-electron chi connectivity index (χ3n) is 2.00. The maximum Gasteiger partial charge on any atom is 0.303 e. The van der Waals surface area contributed by atoms with Crippen LogP contribution in [0.25, 0.3) is 11.5 Å². The number of hydrogen-bond acceptors (Lipinski definition) is 6. The second-order valence-electron chi connectivity index (χ2n) is 3.31. The van der Waals surface area contributed by atoms with E-state index in [1.54, 1.807) is 6.07 Å². The van der Waals surface area contributed by atoms with Crippen molar-refractivity contribution in [3.8, 4) is 17.3 Å². The number of nitrogens with zero attached hydrogens (tertiary/aromatic N) is 3. The minimum Gasteiger partial charge on any atom is -0.506 e. The molecule has 17 heavy (non-hydrogen) atoms. The van der Waals surface area contributed by atoms with Crippen molar-refractivity contribution in [2.45, 2.75) is 12.8 Å². The average molecular weight is 235 g/mol. The molecule has 7 heteroatoms. The van der Waals surface area contributed by atoms with Crippen molar-refractivity contribution < 1.29 is 19.5 Å². The fourth-order valence-corrected chi connectivity index (χ4v) is 1.19. The standard InChI is InChI=1S/C10H9N3O4/c14-6-1-2-7(11-5-6)10-12-8(17-13-10)3-4-9(15)16/h1-2,5,14H,3-4H2,(H,15,16). The van der Waals surface area contributed by atoms with Crippen LogP contribution in [0.4, 0.5) is 0 Å². The summed E-state index contributed by atoms with van der Waals surface area (Å²) in [6.07, 6.45) is 1.38. The molecule has 0 amide bonds. The summed E-state index contributed by atoms with van der Waals surface area (Å²) in [5, 5.41) is 21.2. The summed E-state index contributed by atoms with van der Waals surface area (Å²) in [6, 6.07) is 3.00. The molecule has 2 aromatic rings. The molecule has 0 saturated carbocycles. The lowest BCUT2D eigenvalue weighted by molar-refractivity contribution is -0.137. The fourth-order valence-electron chi connectivity index (χ4n) is 1.19. The Morgan fingerprint density at radius 2 is 2.24 bits per heavy atom. The van der Waals surface area contributed by atoms with Gasteiger partial charge in [0.25, 0.3) is 0 Å². The summed E-state index contributed by atoms with van der Waals surface area (Å²) < 4.78 is 4.87. The van der Waals surface area contributed by atoms with Gasteiger partial charge in [0.05, 0.1) is 12.6 Å². The lowest BCUT2D eigenvalue weighted by atomic mass is 10.3. The SMILES string of the molecule is O=C(O)CCc1nc(-c2ccc(O)cn2)no1. The number of aromatic nitrogens is 3. The number of aliphatic carboxylic acids is 1. The van der Waals surface area contributed by atoms with Gasteiger partial charge in [-0.2, -0.15) is 4.98 Å². The van der Waals surface area contributed by atoms with Gasteiger partial charge in [0.2, 0.25) is 11.7 Å². The number of aromatic hydroxyl groups is 1. The van der Waals surface area contributed by atoms with Crippen LogP contribution in [-0.2, 0) is 11.2 Å². The zero-order valence-electron chi connectivity index (χ0n) is 8.70. The van der Waals surface area contributed by atoms with E-state index in [0.29, 0.717) is 5.69 Å². The molecular weight excluding hydrogens is 226 g/mol. The third-order valence-corrected chi connectivity index (χ3v) is 2.00. The highest BCUT2D eigenvalue weighted by atomic mass is 16.5. The lowest BCUT2D eigenvalue weighted by Crippen LogP contribution is -1.97. The first-order valence-electron chi connectivity index (χ1n) is 4.85. The number of aryl methyl sites for hydroxylation is 1. The molecule has 0 radical (unpaired) electrons. The van der Waals surface area contributed by atoms with Crippen LogP contribution in [0.2, 0.25) is 0 Å². The largest absolute Gasteiger partial charge is 0.506 e. The van der Waals surface area contributed by atoms with Gasteiger partial charge >= 0.3 is 5.97 Å². The molecule has 0 bridgehead atoms. The van der Waals surface area contributed by atoms with E-state index in [4.69, 9.17) is 14.7 Å². The lowest BCUT2D eigenvalue weighted by Gasteiger charge is -1.92. The van der Waals surface area contributed by atoms with Crippen molar-refractivity contribution in [3.05, 3.63) is 24.2 Å². The predicted octanol–water partition coefficient (Wildman–Crippen LogP) is 0.854. The molecule has 2 rings (SSSR count). The van der Waals surface area contributed by atoms with E-state index in [2.05, 4.69) is 15.1 Å². The predicted molar refractivity (Wildman–Crippen MR) is 55.2 cm³/mol. The molecule has 0 saturated heterocycles. The van der Waals surface area contributed by atoms with Crippen LogP contribution < -0.4 is 0 Å². The Hall–Kier alpha value is -2.44. The average Bonchev–Trinajstić information content (AvgIpc) is 2.76. The van der Waals surface area contributed by atoms with Crippen LogP contribution in [0.5, 0.6) is 5.75 Å². The Morgan fingerprint density at radius 1 is 1.41 bits per heavy atom. The molecule has 0 aliphatic carbocycles. The zero-order valence-corrected chi connectivity index (χ0v) is 8.70. The first-order chi connectivity index (χ1) is 8.15. The van der Waals surface area contributed by atoms with Crippen molar-refractivity contribution in [3.63, 3.8) is 0 Å². The van der Waals surface area contributed by atoms with Crippen molar-refractivity contribution in [1.29, 1.82) is 0 Å². The first kappa shape index (κ1) is 11.1. The van der Waals surface area contributed by atoms with Gasteiger partial charge in [-0.15, -0.1) is 0 Å². The zero-order chi connectivity index (χ0) is 12.3. The number of rotatable bonds is 4. The molecule has 0 aliphatic heterocycles. The van der Waals surface area contributed by atoms with Crippen LogP contribution in [-0.4, -0.2) is 31.3 Å². The molecule has 2 N–H and O–H groups in total. The highest BCUT2D eigenvalue weighted by Gasteiger charge is 2.10. The van der Waals surface area contributed by atoms with Gasteiger partial charge in [-0.25, -0.2) is 4.98 Å². The normalized spacial score (nSPS) is 10.4.